The van der Waals surface area contributed by atoms with Crippen LogP contribution < -0.4 is 5.32 Å². The number of alkyl carbamates (subject to hydrolysis) is 1. The summed E-state index contributed by atoms with van der Waals surface area (Å²) in [5.41, 5.74) is 1.86. The fourth-order valence-electron chi connectivity index (χ4n) is 2.45. The van der Waals surface area contributed by atoms with E-state index in [9.17, 15) is 4.79 Å². The molecule has 0 saturated carbocycles. The summed E-state index contributed by atoms with van der Waals surface area (Å²) in [4.78, 5) is 15.3. The summed E-state index contributed by atoms with van der Waals surface area (Å²) in [6, 6.07) is 8.25. The van der Waals surface area contributed by atoms with Crippen molar-refractivity contribution in [3.8, 4) is 0 Å². The molecule has 2 aromatic rings. The fraction of sp³-hybridized carbons (Fsp3) is 0.500. The van der Waals surface area contributed by atoms with Crippen molar-refractivity contribution in [1.82, 2.24) is 10.3 Å². The summed E-state index contributed by atoms with van der Waals surface area (Å²) in [5, 5.41) is 4.21. The number of ether oxygens (including phenoxy) is 1. The van der Waals surface area contributed by atoms with Gasteiger partial charge in [0.2, 0.25) is 0 Å². The molecule has 22 heavy (non-hydrogen) atoms. The topological polar surface area (TPSA) is 54.1 Å². The number of aromatic nitrogens is 1. The summed E-state index contributed by atoms with van der Waals surface area (Å²) in [6.07, 6.45) is 2.45. The van der Waals surface area contributed by atoms with Crippen LogP contribution in [-0.4, -0.2) is 22.7 Å². The number of H-pyrrole nitrogens is 1. The second kappa shape index (κ2) is 6.42. The molecule has 0 radical (unpaired) electrons. The Bertz CT molecular complexity index is 638. The molecule has 120 valence electrons. The second-order valence-electron chi connectivity index (χ2n) is 7.06. The third kappa shape index (κ3) is 4.26. The first-order valence-electron chi connectivity index (χ1n) is 7.81. The molecule has 0 aliphatic rings. The Morgan fingerprint density at radius 1 is 1.27 bits per heavy atom. The van der Waals surface area contributed by atoms with E-state index in [1.165, 1.54) is 10.9 Å². The highest BCUT2D eigenvalue weighted by atomic mass is 16.6. The summed E-state index contributed by atoms with van der Waals surface area (Å²) in [6.45, 7) is 9.83. The number of carbonyl (C=O) groups is 1. The maximum atomic E-state index is 12.0. The van der Waals surface area contributed by atoms with Gasteiger partial charge in [0.15, 0.2) is 0 Å². The SMILES string of the molecule is CC(C)C(Cc1c[nH]c2ccccc12)NC(=O)OC(C)(C)C. The summed E-state index contributed by atoms with van der Waals surface area (Å²) in [7, 11) is 0. The molecule has 1 atom stereocenters. The Kier molecular flexibility index (Phi) is 4.79. The number of para-hydroxylation sites is 1. The van der Waals surface area contributed by atoms with Crippen LogP contribution in [0.2, 0.25) is 0 Å². The average Bonchev–Trinajstić information content (AvgIpc) is 2.79. The minimum absolute atomic E-state index is 0.0362. The van der Waals surface area contributed by atoms with Gasteiger partial charge in [0.25, 0.3) is 0 Å². The minimum Gasteiger partial charge on any atom is -0.444 e. The number of fused-ring (bicyclic) bond motifs is 1. The van der Waals surface area contributed by atoms with Gasteiger partial charge in [-0.15, -0.1) is 0 Å². The molecule has 0 aliphatic heterocycles. The predicted molar refractivity (Wildman–Crippen MR) is 90.0 cm³/mol. The minimum atomic E-state index is -0.480. The van der Waals surface area contributed by atoms with E-state index in [0.717, 1.165) is 11.9 Å². The van der Waals surface area contributed by atoms with Crippen molar-refractivity contribution in [2.45, 2.75) is 52.7 Å². The predicted octanol–water partition coefficient (Wildman–Crippen LogP) is 4.26. The lowest BCUT2D eigenvalue weighted by Crippen LogP contribution is -2.42. The Labute approximate surface area is 132 Å². The van der Waals surface area contributed by atoms with Gasteiger partial charge in [-0.3, -0.25) is 0 Å². The largest absolute Gasteiger partial charge is 0.444 e. The molecule has 1 aromatic heterocycles. The van der Waals surface area contributed by atoms with Crippen LogP contribution >= 0.6 is 0 Å². The monoisotopic (exact) mass is 302 g/mol. The van der Waals surface area contributed by atoms with Crippen molar-refractivity contribution in [3.63, 3.8) is 0 Å². The van der Waals surface area contributed by atoms with E-state index in [2.05, 4.69) is 36.3 Å². The van der Waals surface area contributed by atoms with Crippen LogP contribution in [0.4, 0.5) is 4.79 Å². The summed E-state index contributed by atoms with van der Waals surface area (Å²) >= 11 is 0. The molecule has 4 heteroatoms. The van der Waals surface area contributed by atoms with Gasteiger partial charge in [0.05, 0.1) is 0 Å². The van der Waals surface area contributed by atoms with Crippen LogP contribution in [0, 0.1) is 5.92 Å². The van der Waals surface area contributed by atoms with Crippen molar-refractivity contribution in [2.75, 3.05) is 0 Å². The van der Waals surface area contributed by atoms with Gasteiger partial charge in [0.1, 0.15) is 5.60 Å². The van der Waals surface area contributed by atoms with Crippen molar-refractivity contribution in [2.24, 2.45) is 5.92 Å². The Balaban J connectivity index is 2.11. The first-order valence-corrected chi connectivity index (χ1v) is 7.81. The zero-order valence-corrected chi connectivity index (χ0v) is 14.1. The van der Waals surface area contributed by atoms with E-state index in [4.69, 9.17) is 4.74 Å². The van der Waals surface area contributed by atoms with Gasteiger partial charge in [-0.25, -0.2) is 4.79 Å². The first kappa shape index (κ1) is 16.4. The van der Waals surface area contributed by atoms with Gasteiger partial charge >= 0.3 is 6.09 Å². The molecule has 0 fully saturated rings. The number of rotatable bonds is 4. The molecule has 1 unspecified atom stereocenters. The lowest BCUT2D eigenvalue weighted by molar-refractivity contribution is 0.0490. The Hall–Kier alpha value is -1.97. The molecule has 0 spiro atoms. The van der Waals surface area contributed by atoms with E-state index in [1.54, 1.807) is 0 Å². The number of amides is 1. The molecule has 1 aromatic carbocycles. The summed E-state index contributed by atoms with van der Waals surface area (Å²) in [5.74, 6) is 0.321. The molecule has 2 N–H and O–H groups in total. The van der Waals surface area contributed by atoms with E-state index in [0.29, 0.717) is 5.92 Å². The molecular weight excluding hydrogens is 276 g/mol. The van der Waals surface area contributed by atoms with Crippen LogP contribution in [0.25, 0.3) is 10.9 Å². The van der Waals surface area contributed by atoms with Crippen molar-refractivity contribution < 1.29 is 9.53 Å². The van der Waals surface area contributed by atoms with Gasteiger partial charge in [0, 0.05) is 23.1 Å². The number of aromatic amines is 1. The van der Waals surface area contributed by atoms with E-state index in [1.807, 2.05) is 39.1 Å². The average molecular weight is 302 g/mol. The molecule has 1 heterocycles. The van der Waals surface area contributed by atoms with Gasteiger partial charge in [-0.05, 0) is 44.7 Å². The molecular formula is C18H26N2O2. The second-order valence-corrected chi connectivity index (χ2v) is 7.06. The van der Waals surface area contributed by atoms with Crippen LogP contribution in [-0.2, 0) is 11.2 Å². The third-order valence-corrected chi connectivity index (χ3v) is 3.62. The van der Waals surface area contributed by atoms with Gasteiger partial charge < -0.3 is 15.0 Å². The quantitative estimate of drug-likeness (QED) is 0.886. The number of nitrogens with one attached hydrogen (secondary N) is 2. The molecule has 0 bridgehead atoms. The maximum absolute atomic E-state index is 12.0. The van der Waals surface area contributed by atoms with Crippen molar-refractivity contribution >= 4 is 17.0 Å². The van der Waals surface area contributed by atoms with Crippen molar-refractivity contribution in [1.29, 1.82) is 0 Å². The van der Waals surface area contributed by atoms with Crippen LogP contribution in [0.5, 0.6) is 0 Å². The molecule has 4 nitrogen and oxygen atoms in total. The highest BCUT2D eigenvalue weighted by Crippen LogP contribution is 2.21. The Morgan fingerprint density at radius 3 is 2.59 bits per heavy atom. The van der Waals surface area contributed by atoms with E-state index < -0.39 is 5.60 Å². The Morgan fingerprint density at radius 2 is 1.95 bits per heavy atom. The van der Waals surface area contributed by atoms with Crippen LogP contribution in [0.1, 0.15) is 40.2 Å². The number of hydrogen-bond acceptors (Lipinski definition) is 2. The maximum Gasteiger partial charge on any atom is 0.407 e. The first-order chi connectivity index (χ1) is 10.3. The lowest BCUT2D eigenvalue weighted by Gasteiger charge is -2.25. The number of benzene rings is 1. The molecule has 0 saturated heterocycles. The smallest absolute Gasteiger partial charge is 0.407 e. The highest BCUT2D eigenvalue weighted by Gasteiger charge is 2.22. The molecule has 2 rings (SSSR count). The normalized spacial score (nSPS) is 13.4. The standard InChI is InChI=1S/C18H26N2O2/c1-12(2)16(20-17(21)22-18(3,4)5)10-13-11-19-15-9-7-6-8-14(13)15/h6-9,11-12,16,19H,10H2,1-5H3,(H,20,21). The zero-order valence-electron chi connectivity index (χ0n) is 14.1. The number of hydrogen-bond donors (Lipinski definition) is 2. The van der Waals surface area contributed by atoms with Crippen LogP contribution in [0.15, 0.2) is 30.5 Å². The van der Waals surface area contributed by atoms with Gasteiger partial charge in [-0.2, -0.15) is 0 Å². The number of carbonyl (C=O) groups excluding carboxylic acids is 1. The van der Waals surface area contributed by atoms with Gasteiger partial charge in [-0.1, -0.05) is 32.0 Å². The molecule has 1 amide bonds. The van der Waals surface area contributed by atoms with Crippen molar-refractivity contribution in [3.05, 3.63) is 36.0 Å². The zero-order chi connectivity index (χ0) is 16.3. The summed E-state index contributed by atoms with van der Waals surface area (Å²) < 4.78 is 5.37. The lowest BCUT2D eigenvalue weighted by atomic mass is 9.96. The fourth-order valence-corrected chi connectivity index (χ4v) is 2.45. The van der Waals surface area contributed by atoms with E-state index >= 15 is 0 Å². The molecule has 0 aliphatic carbocycles. The van der Waals surface area contributed by atoms with Crippen LogP contribution in [0.3, 0.4) is 0 Å². The highest BCUT2D eigenvalue weighted by molar-refractivity contribution is 5.83. The third-order valence-electron chi connectivity index (χ3n) is 3.62. The van der Waals surface area contributed by atoms with E-state index in [-0.39, 0.29) is 12.1 Å².